The molecule has 1 aliphatic heterocycles. The Bertz CT molecular complexity index is 716. The van der Waals surface area contributed by atoms with Crippen LogP contribution in [0.15, 0.2) is 54.6 Å². The van der Waals surface area contributed by atoms with Crippen molar-refractivity contribution >= 4 is 5.91 Å². The highest BCUT2D eigenvalue weighted by molar-refractivity contribution is 5.77. The SMILES string of the molecule is COc1ccccc1CCC(=O)N1CC(Cc2ccccc2)OCC1C. The molecule has 0 bridgehead atoms. The molecule has 1 fully saturated rings. The fourth-order valence-corrected chi connectivity index (χ4v) is 3.46. The maximum absolute atomic E-state index is 12.8. The molecular formula is C22H27NO3. The second-order valence-corrected chi connectivity index (χ2v) is 6.85. The molecule has 2 unspecified atom stereocenters. The first-order chi connectivity index (χ1) is 12.7. The van der Waals surface area contributed by atoms with Crippen LogP contribution in [0.1, 0.15) is 24.5 Å². The molecule has 4 nitrogen and oxygen atoms in total. The van der Waals surface area contributed by atoms with Crippen molar-refractivity contribution in [3.8, 4) is 5.75 Å². The Balaban J connectivity index is 1.58. The zero-order chi connectivity index (χ0) is 18.4. The second kappa shape index (κ2) is 8.86. The molecule has 0 N–H and O–H groups in total. The van der Waals surface area contributed by atoms with E-state index in [1.54, 1.807) is 7.11 Å². The van der Waals surface area contributed by atoms with Gasteiger partial charge < -0.3 is 14.4 Å². The van der Waals surface area contributed by atoms with Gasteiger partial charge in [0.05, 0.1) is 25.9 Å². The van der Waals surface area contributed by atoms with Crippen LogP contribution in [0.25, 0.3) is 0 Å². The molecule has 4 heteroatoms. The van der Waals surface area contributed by atoms with E-state index in [0.29, 0.717) is 26.0 Å². The first kappa shape index (κ1) is 18.5. The predicted molar refractivity (Wildman–Crippen MR) is 102 cm³/mol. The van der Waals surface area contributed by atoms with Crippen LogP contribution in [0, 0.1) is 0 Å². The van der Waals surface area contributed by atoms with Gasteiger partial charge in [0.25, 0.3) is 0 Å². The summed E-state index contributed by atoms with van der Waals surface area (Å²) < 4.78 is 11.3. The Kier molecular flexibility index (Phi) is 6.29. The van der Waals surface area contributed by atoms with E-state index in [2.05, 4.69) is 19.1 Å². The van der Waals surface area contributed by atoms with Gasteiger partial charge in [0.1, 0.15) is 5.75 Å². The van der Waals surface area contributed by atoms with Gasteiger partial charge in [-0.25, -0.2) is 0 Å². The van der Waals surface area contributed by atoms with Crippen LogP contribution in [-0.4, -0.2) is 43.2 Å². The highest BCUT2D eigenvalue weighted by atomic mass is 16.5. The van der Waals surface area contributed by atoms with Crippen molar-refractivity contribution in [1.29, 1.82) is 0 Å². The summed E-state index contributed by atoms with van der Waals surface area (Å²) >= 11 is 0. The van der Waals surface area contributed by atoms with Crippen molar-refractivity contribution in [3.05, 3.63) is 65.7 Å². The lowest BCUT2D eigenvalue weighted by atomic mass is 10.0. The summed E-state index contributed by atoms with van der Waals surface area (Å²) in [5, 5.41) is 0. The average molecular weight is 353 g/mol. The van der Waals surface area contributed by atoms with Gasteiger partial charge >= 0.3 is 0 Å². The van der Waals surface area contributed by atoms with E-state index < -0.39 is 0 Å². The molecule has 0 saturated carbocycles. The number of hydrogen-bond acceptors (Lipinski definition) is 3. The number of ether oxygens (including phenoxy) is 2. The van der Waals surface area contributed by atoms with Crippen LogP contribution in [0.5, 0.6) is 5.75 Å². The van der Waals surface area contributed by atoms with Gasteiger partial charge in [0.2, 0.25) is 5.91 Å². The number of carbonyl (C=O) groups excluding carboxylic acids is 1. The van der Waals surface area contributed by atoms with E-state index in [1.165, 1.54) is 5.56 Å². The van der Waals surface area contributed by atoms with Crippen molar-refractivity contribution in [2.24, 2.45) is 0 Å². The molecule has 1 heterocycles. The number of aryl methyl sites for hydroxylation is 1. The quantitative estimate of drug-likeness (QED) is 0.798. The fourth-order valence-electron chi connectivity index (χ4n) is 3.46. The van der Waals surface area contributed by atoms with Crippen LogP contribution in [0.4, 0.5) is 0 Å². The summed E-state index contributed by atoms with van der Waals surface area (Å²) in [6.45, 7) is 3.30. The van der Waals surface area contributed by atoms with Crippen molar-refractivity contribution in [3.63, 3.8) is 0 Å². The third kappa shape index (κ3) is 4.64. The summed E-state index contributed by atoms with van der Waals surface area (Å²) in [7, 11) is 1.67. The minimum absolute atomic E-state index is 0.0591. The largest absolute Gasteiger partial charge is 0.496 e. The van der Waals surface area contributed by atoms with Gasteiger partial charge in [0, 0.05) is 19.4 Å². The molecule has 2 atom stereocenters. The number of para-hydroxylation sites is 1. The van der Waals surface area contributed by atoms with Crippen LogP contribution >= 0.6 is 0 Å². The Hall–Kier alpha value is -2.33. The van der Waals surface area contributed by atoms with Crippen molar-refractivity contribution in [2.45, 2.75) is 38.3 Å². The maximum Gasteiger partial charge on any atom is 0.223 e. The molecule has 2 aromatic rings. The summed E-state index contributed by atoms with van der Waals surface area (Å²) in [6.07, 6.45) is 2.08. The van der Waals surface area contributed by atoms with E-state index in [-0.39, 0.29) is 18.1 Å². The minimum Gasteiger partial charge on any atom is -0.496 e. The third-order valence-corrected chi connectivity index (χ3v) is 4.93. The molecule has 1 amide bonds. The van der Waals surface area contributed by atoms with Gasteiger partial charge in [-0.15, -0.1) is 0 Å². The smallest absolute Gasteiger partial charge is 0.223 e. The average Bonchev–Trinajstić information content (AvgIpc) is 2.68. The molecule has 138 valence electrons. The molecule has 3 rings (SSSR count). The van der Waals surface area contributed by atoms with E-state index in [4.69, 9.17) is 9.47 Å². The van der Waals surface area contributed by atoms with Crippen molar-refractivity contribution in [2.75, 3.05) is 20.3 Å². The Morgan fingerprint density at radius 1 is 1.15 bits per heavy atom. The van der Waals surface area contributed by atoms with Crippen molar-refractivity contribution in [1.82, 2.24) is 4.90 Å². The lowest BCUT2D eigenvalue weighted by molar-refractivity contribution is -0.144. The molecule has 0 radical (unpaired) electrons. The summed E-state index contributed by atoms with van der Waals surface area (Å²) in [4.78, 5) is 14.8. The molecule has 26 heavy (non-hydrogen) atoms. The fraction of sp³-hybridized carbons (Fsp3) is 0.409. The van der Waals surface area contributed by atoms with Gasteiger partial charge in [-0.05, 0) is 30.5 Å². The van der Waals surface area contributed by atoms with Crippen LogP contribution in [-0.2, 0) is 22.4 Å². The molecular weight excluding hydrogens is 326 g/mol. The van der Waals surface area contributed by atoms with Crippen LogP contribution in [0.3, 0.4) is 0 Å². The lowest BCUT2D eigenvalue weighted by Crippen LogP contribution is -2.51. The monoisotopic (exact) mass is 353 g/mol. The van der Waals surface area contributed by atoms with Crippen molar-refractivity contribution < 1.29 is 14.3 Å². The topological polar surface area (TPSA) is 38.8 Å². The normalized spacial score (nSPS) is 20.0. The number of nitrogens with zero attached hydrogens (tertiary/aromatic N) is 1. The molecule has 1 saturated heterocycles. The maximum atomic E-state index is 12.8. The Labute approximate surface area is 155 Å². The van der Waals surface area contributed by atoms with Gasteiger partial charge in [0.15, 0.2) is 0 Å². The molecule has 1 aliphatic rings. The van der Waals surface area contributed by atoms with E-state index in [9.17, 15) is 4.79 Å². The van der Waals surface area contributed by atoms with Crippen LogP contribution in [0.2, 0.25) is 0 Å². The number of hydrogen-bond donors (Lipinski definition) is 0. The number of morpholine rings is 1. The Morgan fingerprint density at radius 3 is 2.65 bits per heavy atom. The van der Waals surface area contributed by atoms with E-state index in [1.807, 2.05) is 47.4 Å². The van der Waals surface area contributed by atoms with Gasteiger partial charge in [-0.3, -0.25) is 4.79 Å². The zero-order valence-corrected chi connectivity index (χ0v) is 15.6. The molecule has 2 aromatic carbocycles. The number of methoxy groups -OCH3 is 1. The third-order valence-electron chi connectivity index (χ3n) is 4.93. The molecule has 0 aromatic heterocycles. The standard InChI is InChI=1S/C22H27NO3/c1-17-16-26-20(14-18-8-4-3-5-9-18)15-23(17)22(24)13-12-19-10-6-7-11-21(19)25-2/h3-11,17,20H,12-16H2,1-2H3. The molecule has 0 spiro atoms. The highest BCUT2D eigenvalue weighted by Crippen LogP contribution is 2.21. The Morgan fingerprint density at radius 2 is 1.88 bits per heavy atom. The highest BCUT2D eigenvalue weighted by Gasteiger charge is 2.29. The van der Waals surface area contributed by atoms with Crippen LogP contribution < -0.4 is 4.74 Å². The minimum atomic E-state index is 0.0591. The predicted octanol–water partition coefficient (Wildman–Crippen LogP) is 3.49. The first-order valence-corrected chi connectivity index (χ1v) is 9.24. The summed E-state index contributed by atoms with van der Waals surface area (Å²) in [5.41, 5.74) is 2.32. The van der Waals surface area contributed by atoms with E-state index >= 15 is 0 Å². The lowest BCUT2D eigenvalue weighted by Gasteiger charge is -2.38. The first-order valence-electron chi connectivity index (χ1n) is 9.24. The summed E-state index contributed by atoms with van der Waals surface area (Å²) in [6, 6.07) is 18.3. The number of rotatable bonds is 6. The number of benzene rings is 2. The second-order valence-electron chi connectivity index (χ2n) is 6.85. The van der Waals surface area contributed by atoms with E-state index in [0.717, 1.165) is 17.7 Å². The number of amides is 1. The summed E-state index contributed by atoms with van der Waals surface area (Å²) in [5.74, 6) is 1.03. The van der Waals surface area contributed by atoms with Gasteiger partial charge in [-0.1, -0.05) is 48.5 Å². The zero-order valence-electron chi connectivity index (χ0n) is 15.6. The number of carbonyl (C=O) groups is 1. The molecule has 0 aliphatic carbocycles. The van der Waals surface area contributed by atoms with Gasteiger partial charge in [-0.2, -0.15) is 0 Å².